The van der Waals surface area contributed by atoms with Gasteiger partial charge in [-0.2, -0.15) is 0 Å². The molecule has 0 aliphatic rings. The van der Waals surface area contributed by atoms with Gasteiger partial charge in [0.05, 0.1) is 0 Å². The molecule has 0 unspecified atom stereocenters. The van der Waals surface area contributed by atoms with Crippen molar-refractivity contribution in [2.24, 2.45) is 0 Å². The fourth-order valence-electron chi connectivity index (χ4n) is 1.65. The highest BCUT2D eigenvalue weighted by molar-refractivity contribution is 5.55. The molecule has 0 atom stereocenters. The maximum Gasteiger partial charge on any atom is 0.159 e. The summed E-state index contributed by atoms with van der Waals surface area (Å²) in [5, 5.41) is 3.30. The first kappa shape index (κ1) is 13.6. The molecule has 1 N–H and O–H groups in total. The van der Waals surface area contributed by atoms with Gasteiger partial charge in [0, 0.05) is 36.1 Å². The van der Waals surface area contributed by atoms with E-state index in [9.17, 15) is 4.39 Å². The Kier molecular flexibility index (Phi) is 4.22. The number of hydrogen-bond donors (Lipinski definition) is 1. The summed E-state index contributed by atoms with van der Waals surface area (Å²) in [7, 11) is 0. The molecule has 4 heteroatoms. The fraction of sp³-hybridized carbons (Fsp3) is 0.333. The van der Waals surface area contributed by atoms with E-state index in [2.05, 4.69) is 29.1 Å². The summed E-state index contributed by atoms with van der Waals surface area (Å²) in [6.45, 7) is 6.65. The molecule has 0 amide bonds. The van der Waals surface area contributed by atoms with E-state index in [1.165, 1.54) is 6.07 Å². The summed E-state index contributed by atoms with van der Waals surface area (Å²) in [6, 6.07) is 5.46. The smallest absolute Gasteiger partial charge is 0.159 e. The van der Waals surface area contributed by atoms with Gasteiger partial charge in [0.2, 0.25) is 0 Å². The summed E-state index contributed by atoms with van der Waals surface area (Å²) in [5.74, 6) is 0.318. The van der Waals surface area contributed by atoms with E-state index >= 15 is 0 Å². The number of benzene rings is 1. The van der Waals surface area contributed by atoms with Crippen LogP contribution in [0, 0.1) is 12.7 Å². The first-order valence-corrected chi connectivity index (χ1v) is 6.37. The number of nitrogens with one attached hydrogen (secondary N) is 1. The second-order valence-corrected chi connectivity index (χ2v) is 4.91. The van der Waals surface area contributed by atoms with E-state index in [4.69, 9.17) is 0 Å². The molecule has 100 valence electrons. The van der Waals surface area contributed by atoms with Crippen molar-refractivity contribution < 1.29 is 4.39 Å². The van der Waals surface area contributed by atoms with Crippen molar-refractivity contribution in [2.45, 2.75) is 33.4 Å². The number of halogens is 1. The normalized spacial score (nSPS) is 11.0. The largest absolute Gasteiger partial charge is 0.310 e. The maximum atomic E-state index is 13.5. The Morgan fingerprint density at radius 2 is 1.89 bits per heavy atom. The van der Waals surface area contributed by atoms with Crippen LogP contribution in [0.2, 0.25) is 0 Å². The van der Waals surface area contributed by atoms with Crippen molar-refractivity contribution in [3.8, 4) is 11.4 Å². The van der Waals surface area contributed by atoms with Crippen molar-refractivity contribution in [1.82, 2.24) is 15.3 Å². The molecule has 0 aliphatic heterocycles. The van der Waals surface area contributed by atoms with E-state index in [1.54, 1.807) is 25.4 Å². The summed E-state index contributed by atoms with van der Waals surface area (Å²) in [5.41, 5.74) is 2.35. The molecule has 0 radical (unpaired) electrons. The van der Waals surface area contributed by atoms with Crippen LogP contribution in [0.3, 0.4) is 0 Å². The van der Waals surface area contributed by atoms with Crippen LogP contribution in [-0.4, -0.2) is 16.0 Å². The quantitative estimate of drug-likeness (QED) is 0.917. The van der Waals surface area contributed by atoms with Crippen molar-refractivity contribution in [1.29, 1.82) is 0 Å². The minimum absolute atomic E-state index is 0.230. The van der Waals surface area contributed by atoms with Gasteiger partial charge in [-0.05, 0) is 18.6 Å². The highest BCUT2D eigenvalue weighted by Crippen LogP contribution is 2.17. The molecular weight excluding hydrogens is 241 g/mol. The Labute approximate surface area is 112 Å². The summed E-state index contributed by atoms with van der Waals surface area (Å²) in [4.78, 5) is 8.56. The van der Waals surface area contributed by atoms with Crippen LogP contribution in [-0.2, 0) is 6.54 Å². The van der Waals surface area contributed by atoms with Gasteiger partial charge in [0.15, 0.2) is 5.82 Å². The average Bonchev–Trinajstić information content (AvgIpc) is 2.40. The summed E-state index contributed by atoms with van der Waals surface area (Å²) in [6.07, 6.45) is 3.55. The molecular formula is C15H18FN3. The van der Waals surface area contributed by atoms with Crippen LogP contribution in [0.25, 0.3) is 11.4 Å². The minimum atomic E-state index is -0.230. The lowest BCUT2D eigenvalue weighted by atomic mass is 10.1. The number of aryl methyl sites for hydroxylation is 1. The zero-order valence-electron chi connectivity index (χ0n) is 11.4. The second-order valence-electron chi connectivity index (χ2n) is 4.91. The third kappa shape index (κ3) is 3.58. The highest BCUT2D eigenvalue weighted by Gasteiger charge is 2.05. The fourth-order valence-corrected chi connectivity index (χ4v) is 1.65. The van der Waals surface area contributed by atoms with Crippen molar-refractivity contribution >= 4 is 0 Å². The van der Waals surface area contributed by atoms with Crippen LogP contribution >= 0.6 is 0 Å². The third-order valence-corrected chi connectivity index (χ3v) is 2.85. The lowest BCUT2D eigenvalue weighted by Crippen LogP contribution is -2.21. The molecule has 1 aromatic carbocycles. The predicted molar refractivity (Wildman–Crippen MR) is 74.1 cm³/mol. The van der Waals surface area contributed by atoms with Crippen LogP contribution in [0.15, 0.2) is 30.6 Å². The van der Waals surface area contributed by atoms with E-state index in [0.29, 0.717) is 23.0 Å². The molecule has 1 aromatic heterocycles. The standard InChI is InChI=1S/C15H18FN3/c1-10(2)17-7-12-8-18-15(19-9-12)13-5-4-11(3)14(16)6-13/h4-6,8-10,17H,7H2,1-3H3. The zero-order chi connectivity index (χ0) is 13.8. The number of aromatic nitrogens is 2. The van der Waals surface area contributed by atoms with Crippen LogP contribution in [0.4, 0.5) is 4.39 Å². The minimum Gasteiger partial charge on any atom is -0.310 e. The zero-order valence-corrected chi connectivity index (χ0v) is 11.4. The molecule has 1 heterocycles. The van der Waals surface area contributed by atoms with E-state index < -0.39 is 0 Å². The van der Waals surface area contributed by atoms with Crippen molar-refractivity contribution in [3.63, 3.8) is 0 Å². The Morgan fingerprint density at radius 1 is 1.21 bits per heavy atom. The molecule has 0 saturated carbocycles. The molecule has 0 spiro atoms. The summed E-state index contributed by atoms with van der Waals surface area (Å²) < 4.78 is 13.5. The van der Waals surface area contributed by atoms with Crippen LogP contribution in [0.5, 0.6) is 0 Å². The van der Waals surface area contributed by atoms with Crippen molar-refractivity contribution in [3.05, 3.63) is 47.5 Å². The molecule has 2 rings (SSSR count). The highest BCUT2D eigenvalue weighted by atomic mass is 19.1. The van der Waals surface area contributed by atoms with Gasteiger partial charge in [-0.15, -0.1) is 0 Å². The van der Waals surface area contributed by atoms with Crippen LogP contribution < -0.4 is 5.32 Å². The summed E-state index contributed by atoms with van der Waals surface area (Å²) >= 11 is 0. The first-order valence-electron chi connectivity index (χ1n) is 6.37. The van der Waals surface area contributed by atoms with Crippen molar-refractivity contribution in [2.75, 3.05) is 0 Å². The predicted octanol–water partition coefficient (Wildman–Crippen LogP) is 3.09. The van der Waals surface area contributed by atoms with E-state index in [-0.39, 0.29) is 5.82 Å². The van der Waals surface area contributed by atoms with Gasteiger partial charge in [0.1, 0.15) is 5.82 Å². The van der Waals surface area contributed by atoms with Gasteiger partial charge in [-0.3, -0.25) is 0 Å². The van der Waals surface area contributed by atoms with Gasteiger partial charge < -0.3 is 5.32 Å². The molecule has 0 bridgehead atoms. The molecule has 0 fully saturated rings. The van der Waals surface area contributed by atoms with E-state index in [1.807, 2.05) is 6.07 Å². The van der Waals surface area contributed by atoms with Gasteiger partial charge in [-0.25, -0.2) is 14.4 Å². The first-order chi connectivity index (χ1) is 9.06. The van der Waals surface area contributed by atoms with Crippen LogP contribution in [0.1, 0.15) is 25.0 Å². The Bertz CT molecular complexity index is 550. The lowest BCUT2D eigenvalue weighted by molar-refractivity contribution is 0.587. The maximum absolute atomic E-state index is 13.5. The Balaban J connectivity index is 2.15. The van der Waals surface area contributed by atoms with Gasteiger partial charge in [-0.1, -0.05) is 26.0 Å². The van der Waals surface area contributed by atoms with E-state index in [0.717, 1.165) is 12.1 Å². The van der Waals surface area contributed by atoms with Gasteiger partial charge >= 0.3 is 0 Å². The number of rotatable bonds is 4. The average molecular weight is 259 g/mol. The molecule has 3 nitrogen and oxygen atoms in total. The number of hydrogen-bond acceptors (Lipinski definition) is 3. The monoisotopic (exact) mass is 259 g/mol. The molecule has 19 heavy (non-hydrogen) atoms. The third-order valence-electron chi connectivity index (χ3n) is 2.85. The van der Waals surface area contributed by atoms with Gasteiger partial charge in [0.25, 0.3) is 0 Å². The Hall–Kier alpha value is -1.81. The molecule has 2 aromatic rings. The topological polar surface area (TPSA) is 37.8 Å². The molecule has 0 aliphatic carbocycles. The Morgan fingerprint density at radius 3 is 2.47 bits per heavy atom. The lowest BCUT2D eigenvalue weighted by Gasteiger charge is -2.08. The number of nitrogens with zero attached hydrogens (tertiary/aromatic N) is 2. The molecule has 0 saturated heterocycles. The second kappa shape index (κ2) is 5.89. The SMILES string of the molecule is Cc1ccc(-c2ncc(CNC(C)C)cn2)cc1F.